The Bertz CT molecular complexity index is 735. The van der Waals surface area contributed by atoms with Crippen molar-refractivity contribution >= 4 is 17.3 Å². The van der Waals surface area contributed by atoms with E-state index in [4.69, 9.17) is 0 Å². The van der Waals surface area contributed by atoms with Crippen LogP contribution in [0.1, 0.15) is 10.4 Å². The summed E-state index contributed by atoms with van der Waals surface area (Å²) in [5.74, 6) is -6.01. The fraction of sp³-hybridized carbons (Fsp3) is 0. The van der Waals surface area contributed by atoms with Crippen molar-refractivity contribution in [3.63, 3.8) is 0 Å². The predicted molar refractivity (Wildman–Crippen MR) is 67.4 cm³/mol. The van der Waals surface area contributed by atoms with Crippen LogP contribution < -0.4 is 5.32 Å². The van der Waals surface area contributed by atoms with Gasteiger partial charge in [0.2, 0.25) is 0 Å². The van der Waals surface area contributed by atoms with Crippen LogP contribution in [-0.2, 0) is 0 Å². The van der Waals surface area contributed by atoms with Gasteiger partial charge in [0.25, 0.3) is 11.6 Å². The fourth-order valence-electron chi connectivity index (χ4n) is 1.63. The number of rotatable bonds is 3. The molecule has 0 unspecified atom stereocenters. The average Bonchev–Trinajstić information content (AvgIpc) is 2.45. The lowest BCUT2D eigenvalue weighted by atomic mass is 10.1. The maximum absolute atomic E-state index is 13.5. The molecule has 0 saturated carbocycles. The van der Waals surface area contributed by atoms with Gasteiger partial charge in [-0.25, -0.2) is 13.2 Å². The third-order valence-electron chi connectivity index (χ3n) is 2.63. The molecule has 0 heterocycles. The van der Waals surface area contributed by atoms with Crippen LogP contribution in [0.4, 0.5) is 24.5 Å². The number of nitrogens with zero attached hydrogens (tertiary/aromatic N) is 1. The molecule has 2 aromatic carbocycles. The summed E-state index contributed by atoms with van der Waals surface area (Å²) in [7, 11) is 0. The zero-order chi connectivity index (χ0) is 15.6. The normalized spacial score (nSPS) is 10.2. The summed E-state index contributed by atoms with van der Waals surface area (Å²) in [5.41, 5.74) is -1.35. The molecule has 0 aliphatic heterocycles. The molecule has 5 nitrogen and oxygen atoms in total. The van der Waals surface area contributed by atoms with Crippen molar-refractivity contribution in [1.82, 2.24) is 0 Å². The Hall–Kier alpha value is -2.90. The van der Waals surface area contributed by atoms with Crippen molar-refractivity contribution in [2.45, 2.75) is 0 Å². The van der Waals surface area contributed by atoms with Crippen LogP contribution in [0.5, 0.6) is 0 Å². The van der Waals surface area contributed by atoms with E-state index in [2.05, 4.69) is 5.32 Å². The molecule has 1 N–H and O–H groups in total. The molecule has 0 aliphatic rings. The van der Waals surface area contributed by atoms with Crippen LogP contribution >= 0.6 is 0 Å². The van der Waals surface area contributed by atoms with Crippen LogP contribution in [0.2, 0.25) is 0 Å². The van der Waals surface area contributed by atoms with Crippen LogP contribution in [-0.4, -0.2) is 10.8 Å². The molecule has 2 aromatic rings. The Kier molecular flexibility index (Phi) is 3.88. The van der Waals surface area contributed by atoms with E-state index in [0.29, 0.717) is 6.07 Å². The third-order valence-corrected chi connectivity index (χ3v) is 2.63. The van der Waals surface area contributed by atoms with Crippen molar-refractivity contribution in [2.24, 2.45) is 0 Å². The molecule has 0 spiro atoms. The Morgan fingerprint density at radius 1 is 1.05 bits per heavy atom. The lowest BCUT2D eigenvalue weighted by molar-refractivity contribution is -0.383. The van der Waals surface area contributed by atoms with Crippen molar-refractivity contribution in [3.05, 3.63) is 69.5 Å². The molecule has 21 heavy (non-hydrogen) atoms. The van der Waals surface area contributed by atoms with E-state index in [-0.39, 0.29) is 5.69 Å². The van der Waals surface area contributed by atoms with Crippen LogP contribution in [0, 0.1) is 27.6 Å². The molecule has 0 fully saturated rings. The number of carbonyl (C=O) groups excluding carboxylic acids is 1. The number of anilines is 1. The van der Waals surface area contributed by atoms with Gasteiger partial charge in [-0.15, -0.1) is 0 Å². The van der Waals surface area contributed by atoms with Gasteiger partial charge in [0.05, 0.1) is 10.5 Å². The quantitative estimate of drug-likeness (QED) is 0.537. The largest absolute Gasteiger partial charge is 0.316 e. The second kappa shape index (κ2) is 5.61. The molecule has 1 amide bonds. The first-order valence-electron chi connectivity index (χ1n) is 5.60. The summed E-state index contributed by atoms with van der Waals surface area (Å²) in [5, 5.41) is 12.9. The maximum atomic E-state index is 13.5. The highest BCUT2D eigenvalue weighted by atomic mass is 19.2. The van der Waals surface area contributed by atoms with E-state index in [0.717, 1.165) is 12.1 Å². The number of nitro groups is 1. The van der Waals surface area contributed by atoms with Gasteiger partial charge in [0, 0.05) is 6.07 Å². The van der Waals surface area contributed by atoms with Crippen molar-refractivity contribution < 1.29 is 22.9 Å². The summed E-state index contributed by atoms with van der Waals surface area (Å²) in [4.78, 5) is 21.8. The van der Waals surface area contributed by atoms with Crippen LogP contribution in [0.3, 0.4) is 0 Å². The Balaban J connectivity index is 2.36. The highest BCUT2D eigenvalue weighted by Gasteiger charge is 2.21. The molecule has 0 aliphatic carbocycles. The lowest BCUT2D eigenvalue weighted by Gasteiger charge is -2.07. The fourth-order valence-corrected chi connectivity index (χ4v) is 1.63. The number of carbonyl (C=O) groups is 1. The molecule has 0 saturated heterocycles. The number of para-hydroxylation sites is 2. The van der Waals surface area contributed by atoms with Gasteiger partial charge in [-0.2, -0.15) is 0 Å². The average molecular weight is 296 g/mol. The van der Waals surface area contributed by atoms with Crippen LogP contribution in [0.25, 0.3) is 0 Å². The minimum absolute atomic E-state index is 0.184. The third kappa shape index (κ3) is 2.83. The Labute approximate surface area is 116 Å². The van der Waals surface area contributed by atoms with Crippen LogP contribution in [0.15, 0.2) is 36.4 Å². The maximum Gasteiger partial charge on any atom is 0.292 e. The first-order chi connectivity index (χ1) is 9.91. The minimum Gasteiger partial charge on any atom is -0.316 e. The molecule has 8 heteroatoms. The van der Waals surface area contributed by atoms with Crippen molar-refractivity contribution in [2.75, 3.05) is 5.32 Å². The van der Waals surface area contributed by atoms with Gasteiger partial charge in [-0.1, -0.05) is 12.1 Å². The molecule has 0 aromatic heterocycles. The standard InChI is InChI=1S/C13H7F3N2O3/c14-8-6-5-7(11(15)12(8)16)13(19)17-9-3-1-2-4-10(9)18(20)21/h1-6H,(H,17,19). The number of nitrogens with one attached hydrogen (secondary N) is 1. The van der Waals surface area contributed by atoms with Gasteiger partial charge in [0.15, 0.2) is 17.5 Å². The second-order valence-corrected chi connectivity index (χ2v) is 3.95. The zero-order valence-electron chi connectivity index (χ0n) is 10.3. The van der Waals surface area contributed by atoms with Gasteiger partial charge in [-0.3, -0.25) is 14.9 Å². The molecule has 0 bridgehead atoms. The van der Waals surface area contributed by atoms with Crippen molar-refractivity contribution in [3.8, 4) is 0 Å². The monoisotopic (exact) mass is 296 g/mol. The molecular formula is C13H7F3N2O3. The SMILES string of the molecule is O=C(Nc1ccccc1[N+](=O)[O-])c1ccc(F)c(F)c1F. The number of benzene rings is 2. The zero-order valence-corrected chi connectivity index (χ0v) is 10.3. The molecular weight excluding hydrogens is 289 g/mol. The number of nitro benzene ring substituents is 1. The van der Waals surface area contributed by atoms with Gasteiger partial charge in [-0.05, 0) is 18.2 Å². The lowest BCUT2D eigenvalue weighted by Crippen LogP contribution is -2.16. The first kappa shape index (κ1) is 14.5. The summed E-state index contributed by atoms with van der Waals surface area (Å²) >= 11 is 0. The van der Waals surface area contributed by atoms with Gasteiger partial charge < -0.3 is 5.32 Å². The Morgan fingerprint density at radius 3 is 2.38 bits per heavy atom. The highest BCUT2D eigenvalue weighted by Crippen LogP contribution is 2.24. The summed E-state index contributed by atoms with van der Waals surface area (Å²) < 4.78 is 39.3. The van der Waals surface area contributed by atoms with E-state index in [1.54, 1.807) is 0 Å². The first-order valence-corrected chi connectivity index (χ1v) is 5.60. The topological polar surface area (TPSA) is 72.2 Å². The number of hydrogen-bond acceptors (Lipinski definition) is 3. The number of amides is 1. The van der Waals surface area contributed by atoms with Gasteiger partial charge >= 0.3 is 0 Å². The summed E-state index contributed by atoms with van der Waals surface area (Å²) in [6, 6.07) is 6.51. The van der Waals surface area contributed by atoms with E-state index in [1.807, 2.05) is 0 Å². The number of hydrogen-bond donors (Lipinski definition) is 1. The smallest absolute Gasteiger partial charge is 0.292 e. The molecule has 2 rings (SSSR count). The second-order valence-electron chi connectivity index (χ2n) is 3.95. The summed E-state index contributed by atoms with van der Waals surface area (Å²) in [6.45, 7) is 0. The van der Waals surface area contributed by atoms with E-state index in [1.165, 1.54) is 18.2 Å². The summed E-state index contributed by atoms with van der Waals surface area (Å²) in [6.07, 6.45) is 0. The molecule has 0 atom stereocenters. The molecule has 0 radical (unpaired) electrons. The predicted octanol–water partition coefficient (Wildman–Crippen LogP) is 3.26. The highest BCUT2D eigenvalue weighted by molar-refractivity contribution is 6.05. The minimum atomic E-state index is -1.79. The van der Waals surface area contributed by atoms with E-state index < -0.39 is 39.5 Å². The van der Waals surface area contributed by atoms with E-state index >= 15 is 0 Å². The molecule has 108 valence electrons. The van der Waals surface area contributed by atoms with Crippen molar-refractivity contribution in [1.29, 1.82) is 0 Å². The Morgan fingerprint density at radius 2 is 1.71 bits per heavy atom. The number of halogens is 3. The van der Waals surface area contributed by atoms with E-state index in [9.17, 15) is 28.1 Å². The van der Waals surface area contributed by atoms with Gasteiger partial charge in [0.1, 0.15) is 5.69 Å².